The fraction of sp³-hybridized carbons (Fsp3) is 0.462. The van der Waals surface area contributed by atoms with E-state index in [0.29, 0.717) is 17.4 Å². The van der Waals surface area contributed by atoms with Crippen LogP contribution < -0.4 is 10.6 Å². The lowest BCUT2D eigenvalue weighted by Gasteiger charge is -2.14. The van der Waals surface area contributed by atoms with Gasteiger partial charge in [-0.3, -0.25) is 4.99 Å². The molecule has 1 aromatic carbocycles. The molecule has 0 spiro atoms. The monoisotopic (exact) mass is 283 g/mol. The van der Waals surface area contributed by atoms with E-state index in [1.807, 2.05) is 13.8 Å². The van der Waals surface area contributed by atoms with Gasteiger partial charge in [0.25, 0.3) is 0 Å². The van der Waals surface area contributed by atoms with Crippen molar-refractivity contribution >= 4 is 15.8 Å². The van der Waals surface area contributed by atoms with Crippen LogP contribution in [0.15, 0.2) is 40.2 Å². The highest BCUT2D eigenvalue weighted by Gasteiger charge is 2.13. The van der Waals surface area contributed by atoms with Gasteiger partial charge in [-0.25, -0.2) is 8.42 Å². The fourth-order valence-electron chi connectivity index (χ4n) is 1.52. The summed E-state index contributed by atoms with van der Waals surface area (Å²) in [6, 6.07) is 8.70. The standard InChI is InChI=1S/C13H21N3O2S/c1-11(2)16-13(14-3)15-9-10-19(17,18)12-7-5-4-6-8-12/h4-8,11H,9-10H2,1-3H3,(H2,14,15,16). The van der Waals surface area contributed by atoms with Crippen molar-refractivity contribution in [1.82, 2.24) is 10.6 Å². The molecule has 5 nitrogen and oxygen atoms in total. The Morgan fingerprint density at radius 1 is 1.26 bits per heavy atom. The average Bonchev–Trinajstić information content (AvgIpc) is 2.38. The second kappa shape index (κ2) is 7.13. The van der Waals surface area contributed by atoms with Crippen molar-refractivity contribution in [3.63, 3.8) is 0 Å². The summed E-state index contributed by atoms with van der Waals surface area (Å²) in [5.41, 5.74) is 0. The van der Waals surface area contributed by atoms with Gasteiger partial charge in [-0.2, -0.15) is 0 Å². The van der Waals surface area contributed by atoms with Crippen LogP contribution in [0.4, 0.5) is 0 Å². The number of nitrogens with one attached hydrogen (secondary N) is 2. The lowest BCUT2D eigenvalue weighted by Crippen LogP contribution is -2.42. The highest BCUT2D eigenvalue weighted by Crippen LogP contribution is 2.09. The predicted octanol–water partition coefficient (Wildman–Crippen LogP) is 1.03. The maximum absolute atomic E-state index is 12.0. The SMILES string of the molecule is CN=C(NCCS(=O)(=O)c1ccccc1)NC(C)C. The van der Waals surface area contributed by atoms with E-state index >= 15 is 0 Å². The first-order valence-electron chi connectivity index (χ1n) is 6.20. The molecular formula is C13H21N3O2S. The van der Waals surface area contributed by atoms with Gasteiger partial charge < -0.3 is 10.6 Å². The maximum atomic E-state index is 12.0. The van der Waals surface area contributed by atoms with Gasteiger partial charge in [-0.1, -0.05) is 18.2 Å². The van der Waals surface area contributed by atoms with E-state index in [0.717, 1.165) is 0 Å². The molecule has 1 rings (SSSR count). The van der Waals surface area contributed by atoms with Gasteiger partial charge in [0.1, 0.15) is 0 Å². The first-order valence-corrected chi connectivity index (χ1v) is 7.86. The summed E-state index contributed by atoms with van der Waals surface area (Å²) in [4.78, 5) is 4.37. The number of rotatable bonds is 5. The molecule has 0 saturated carbocycles. The summed E-state index contributed by atoms with van der Waals surface area (Å²) in [6.07, 6.45) is 0. The molecule has 6 heteroatoms. The summed E-state index contributed by atoms with van der Waals surface area (Å²) in [5, 5.41) is 6.09. The number of aliphatic imine (C=N–C) groups is 1. The summed E-state index contributed by atoms with van der Waals surface area (Å²) in [6.45, 7) is 4.31. The van der Waals surface area contributed by atoms with Crippen molar-refractivity contribution in [3.05, 3.63) is 30.3 Å². The molecule has 0 aliphatic carbocycles. The van der Waals surface area contributed by atoms with Crippen LogP contribution in [0, 0.1) is 0 Å². The second-order valence-corrected chi connectivity index (χ2v) is 6.54. The van der Waals surface area contributed by atoms with E-state index in [9.17, 15) is 8.42 Å². The van der Waals surface area contributed by atoms with Crippen LogP contribution in [0.5, 0.6) is 0 Å². The Balaban J connectivity index is 2.53. The minimum absolute atomic E-state index is 0.0375. The Hall–Kier alpha value is -1.56. The molecule has 19 heavy (non-hydrogen) atoms. The molecular weight excluding hydrogens is 262 g/mol. The normalized spacial score (nSPS) is 12.5. The average molecular weight is 283 g/mol. The first kappa shape index (κ1) is 15.5. The highest BCUT2D eigenvalue weighted by molar-refractivity contribution is 7.91. The third kappa shape index (κ3) is 5.30. The summed E-state index contributed by atoms with van der Waals surface area (Å²) in [5.74, 6) is 0.647. The molecule has 1 aromatic rings. The van der Waals surface area contributed by atoms with Gasteiger partial charge in [-0.15, -0.1) is 0 Å². The molecule has 0 aliphatic heterocycles. The third-order valence-corrected chi connectivity index (χ3v) is 4.15. The second-order valence-electron chi connectivity index (χ2n) is 4.43. The van der Waals surface area contributed by atoms with Crippen molar-refractivity contribution in [2.45, 2.75) is 24.8 Å². The van der Waals surface area contributed by atoms with Gasteiger partial charge in [0, 0.05) is 19.6 Å². The zero-order chi connectivity index (χ0) is 14.3. The fourth-order valence-corrected chi connectivity index (χ4v) is 2.70. The zero-order valence-corrected chi connectivity index (χ0v) is 12.4. The van der Waals surface area contributed by atoms with Gasteiger partial charge in [0.2, 0.25) is 0 Å². The molecule has 0 radical (unpaired) electrons. The first-order chi connectivity index (χ1) is 8.95. The Morgan fingerprint density at radius 3 is 2.42 bits per heavy atom. The topological polar surface area (TPSA) is 70.6 Å². The lowest BCUT2D eigenvalue weighted by molar-refractivity contribution is 0.594. The van der Waals surface area contributed by atoms with Crippen molar-refractivity contribution in [3.8, 4) is 0 Å². The van der Waals surface area contributed by atoms with E-state index in [2.05, 4.69) is 15.6 Å². The summed E-state index contributed by atoms with van der Waals surface area (Å²) in [7, 11) is -1.58. The lowest BCUT2D eigenvalue weighted by atomic mass is 10.4. The Morgan fingerprint density at radius 2 is 1.89 bits per heavy atom. The molecule has 0 fully saturated rings. The van der Waals surface area contributed by atoms with Crippen LogP contribution in [0.25, 0.3) is 0 Å². The minimum atomic E-state index is -3.24. The van der Waals surface area contributed by atoms with E-state index < -0.39 is 9.84 Å². The van der Waals surface area contributed by atoms with Gasteiger partial charge in [0.05, 0.1) is 10.6 Å². The largest absolute Gasteiger partial charge is 0.355 e. The number of benzene rings is 1. The number of guanidine groups is 1. The van der Waals surface area contributed by atoms with E-state index in [-0.39, 0.29) is 11.8 Å². The van der Waals surface area contributed by atoms with Crippen molar-refractivity contribution in [2.75, 3.05) is 19.3 Å². The summed E-state index contributed by atoms with van der Waals surface area (Å²) >= 11 is 0. The maximum Gasteiger partial charge on any atom is 0.191 e. The number of sulfone groups is 1. The van der Waals surface area contributed by atoms with Crippen LogP contribution >= 0.6 is 0 Å². The third-order valence-electron chi connectivity index (χ3n) is 2.41. The van der Waals surface area contributed by atoms with Gasteiger partial charge in [-0.05, 0) is 26.0 Å². The van der Waals surface area contributed by atoms with Crippen molar-refractivity contribution < 1.29 is 8.42 Å². The molecule has 0 aromatic heterocycles. The molecule has 0 heterocycles. The van der Waals surface area contributed by atoms with Crippen molar-refractivity contribution in [1.29, 1.82) is 0 Å². The van der Waals surface area contributed by atoms with Gasteiger partial charge >= 0.3 is 0 Å². The van der Waals surface area contributed by atoms with E-state index in [1.54, 1.807) is 37.4 Å². The van der Waals surface area contributed by atoms with Crippen LogP contribution in [0.2, 0.25) is 0 Å². The molecule has 0 atom stereocenters. The highest BCUT2D eigenvalue weighted by atomic mass is 32.2. The van der Waals surface area contributed by atoms with Crippen LogP contribution in [0.3, 0.4) is 0 Å². The van der Waals surface area contributed by atoms with Crippen LogP contribution in [-0.4, -0.2) is 39.8 Å². The Bertz CT molecular complexity index is 510. The summed E-state index contributed by atoms with van der Waals surface area (Å²) < 4.78 is 24.0. The molecule has 0 bridgehead atoms. The van der Waals surface area contributed by atoms with E-state index in [4.69, 9.17) is 0 Å². The minimum Gasteiger partial charge on any atom is -0.355 e. The zero-order valence-electron chi connectivity index (χ0n) is 11.6. The predicted molar refractivity (Wildman–Crippen MR) is 78.1 cm³/mol. The molecule has 0 saturated heterocycles. The van der Waals surface area contributed by atoms with Crippen LogP contribution in [0.1, 0.15) is 13.8 Å². The number of hydrogen-bond donors (Lipinski definition) is 2. The van der Waals surface area contributed by atoms with Crippen LogP contribution in [-0.2, 0) is 9.84 Å². The quantitative estimate of drug-likeness (QED) is 0.625. The molecule has 106 valence electrons. The van der Waals surface area contributed by atoms with Crippen molar-refractivity contribution in [2.24, 2.45) is 4.99 Å². The molecule has 0 amide bonds. The Labute approximate surface area is 115 Å². The molecule has 0 unspecified atom stereocenters. The smallest absolute Gasteiger partial charge is 0.191 e. The number of hydrogen-bond acceptors (Lipinski definition) is 3. The Kier molecular flexibility index (Phi) is 5.82. The molecule has 2 N–H and O–H groups in total. The molecule has 0 aliphatic rings. The number of nitrogens with zero attached hydrogens (tertiary/aromatic N) is 1. The van der Waals surface area contributed by atoms with Gasteiger partial charge in [0.15, 0.2) is 15.8 Å². The van der Waals surface area contributed by atoms with E-state index in [1.165, 1.54) is 0 Å².